The lowest BCUT2D eigenvalue weighted by atomic mass is 9.99. The van der Waals surface area contributed by atoms with Crippen LogP contribution < -0.4 is 0 Å². The highest BCUT2D eigenvalue weighted by molar-refractivity contribution is 7.22. The smallest absolute Gasteiger partial charge is 0.125 e. The first-order valence-electron chi connectivity index (χ1n) is 9.82. The zero-order chi connectivity index (χ0) is 19.8. The summed E-state index contributed by atoms with van der Waals surface area (Å²) in [5.41, 5.74) is 8.49. The van der Waals surface area contributed by atoms with E-state index in [2.05, 4.69) is 105 Å². The zero-order valence-corrected chi connectivity index (χ0v) is 17.3. The molecule has 3 aromatic carbocycles. The van der Waals surface area contributed by atoms with E-state index >= 15 is 0 Å². The first kappa shape index (κ1) is 17.8. The van der Waals surface area contributed by atoms with Crippen LogP contribution in [0.25, 0.3) is 43.0 Å². The number of benzene rings is 3. The number of thiophene rings is 1. The van der Waals surface area contributed by atoms with Gasteiger partial charge in [-0.3, -0.25) is 0 Å². The van der Waals surface area contributed by atoms with Crippen LogP contribution in [0.4, 0.5) is 0 Å². The second kappa shape index (κ2) is 7.31. The van der Waals surface area contributed by atoms with Crippen molar-refractivity contribution in [3.05, 3.63) is 102 Å². The average molecular weight is 392 g/mol. The molecule has 2 heteroatoms. The van der Waals surface area contributed by atoms with Gasteiger partial charge in [0.05, 0.1) is 5.69 Å². The van der Waals surface area contributed by atoms with E-state index in [-0.39, 0.29) is 0 Å². The van der Waals surface area contributed by atoms with E-state index in [0.717, 1.165) is 10.5 Å². The maximum Gasteiger partial charge on any atom is 0.125 e. The fourth-order valence-electron chi connectivity index (χ4n) is 3.95. The minimum atomic E-state index is 1.03. The molecule has 0 bridgehead atoms. The van der Waals surface area contributed by atoms with Gasteiger partial charge in [-0.25, -0.2) is 4.98 Å². The molecule has 5 rings (SSSR count). The van der Waals surface area contributed by atoms with Gasteiger partial charge in [-0.1, -0.05) is 77.9 Å². The molecular formula is C27H21NS. The van der Waals surface area contributed by atoms with Gasteiger partial charge in [0.2, 0.25) is 0 Å². The van der Waals surface area contributed by atoms with Crippen LogP contribution in [0.5, 0.6) is 0 Å². The lowest BCUT2D eigenvalue weighted by Gasteiger charge is -2.06. The summed E-state index contributed by atoms with van der Waals surface area (Å²) in [5, 5.41) is 1.22. The summed E-state index contributed by atoms with van der Waals surface area (Å²) in [6.45, 7) is 4.28. The highest BCUT2D eigenvalue weighted by Gasteiger charge is 2.17. The Morgan fingerprint density at radius 3 is 1.90 bits per heavy atom. The molecule has 0 saturated heterocycles. The van der Waals surface area contributed by atoms with Crippen LogP contribution in [-0.4, -0.2) is 4.98 Å². The zero-order valence-electron chi connectivity index (χ0n) is 16.5. The molecule has 1 nitrogen and oxygen atoms in total. The lowest BCUT2D eigenvalue weighted by Crippen LogP contribution is -1.86. The molecule has 29 heavy (non-hydrogen) atoms. The first-order valence-corrected chi connectivity index (χ1v) is 10.6. The fraction of sp³-hybridized carbons (Fsp3) is 0.0741. The van der Waals surface area contributed by atoms with Crippen molar-refractivity contribution >= 4 is 21.6 Å². The molecule has 2 heterocycles. The fourth-order valence-corrected chi connectivity index (χ4v) is 5.15. The predicted octanol–water partition coefficient (Wildman–Crippen LogP) is 7.91. The van der Waals surface area contributed by atoms with Gasteiger partial charge in [0.25, 0.3) is 0 Å². The third kappa shape index (κ3) is 3.37. The van der Waals surface area contributed by atoms with Crippen LogP contribution >= 0.6 is 11.3 Å². The van der Waals surface area contributed by atoms with Gasteiger partial charge in [-0.2, -0.15) is 0 Å². The Bertz CT molecular complexity index is 1280. The Kier molecular flexibility index (Phi) is 4.49. The Labute approximate surface area is 175 Å². The number of nitrogens with zero attached hydrogens (tertiary/aromatic N) is 1. The van der Waals surface area contributed by atoms with Gasteiger partial charge in [-0.05, 0) is 49.2 Å². The van der Waals surface area contributed by atoms with Gasteiger partial charge >= 0.3 is 0 Å². The van der Waals surface area contributed by atoms with Crippen molar-refractivity contribution in [2.24, 2.45) is 0 Å². The maximum atomic E-state index is 5.08. The number of aromatic nitrogens is 1. The average Bonchev–Trinajstić information content (AvgIpc) is 3.13. The predicted molar refractivity (Wildman–Crippen MR) is 125 cm³/mol. The van der Waals surface area contributed by atoms with Crippen molar-refractivity contribution in [3.8, 4) is 32.8 Å². The summed E-state index contributed by atoms with van der Waals surface area (Å²) in [6.07, 6.45) is 0. The number of hydrogen-bond acceptors (Lipinski definition) is 2. The van der Waals surface area contributed by atoms with Crippen LogP contribution in [0.15, 0.2) is 91.0 Å². The Balaban J connectivity index is 1.76. The van der Waals surface area contributed by atoms with Crippen LogP contribution in [0.2, 0.25) is 0 Å². The molecular weight excluding hydrogens is 370 g/mol. The van der Waals surface area contributed by atoms with Crippen LogP contribution in [0.1, 0.15) is 11.1 Å². The standard InChI is InChI=1S/C27H21NS/c1-18-15-19(2)17-22(16-18)24-14-13-23-25(20-9-5-3-6-10-20)26(29-27(23)28-24)21-11-7-4-8-12-21/h3-17H,1-2H3. The number of pyridine rings is 1. The molecule has 2 aromatic heterocycles. The highest BCUT2D eigenvalue weighted by atomic mass is 32.1. The molecule has 140 valence electrons. The normalized spacial score (nSPS) is 11.1. The molecule has 0 fully saturated rings. The monoisotopic (exact) mass is 391 g/mol. The van der Waals surface area contributed by atoms with Crippen molar-refractivity contribution in [1.29, 1.82) is 0 Å². The van der Waals surface area contributed by atoms with Crippen molar-refractivity contribution < 1.29 is 0 Å². The maximum absolute atomic E-state index is 5.08. The Morgan fingerprint density at radius 1 is 0.621 bits per heavy atom. The van der Waals surface area contributed by atoms with Crippen molar-refractivity contribution in [2.45, 2.75) is 13.8 Å². The van der Waals surface area contributed by atoms with Gasteiger partial charge in [0.15, 0.2) is 0 Å². The first-order chi connectivity index (χ1) is 14.2. The van der Waals surface area contributed by atoms with E-state index in [4.69, 9.17) is 4.98 Å². The summed E-state index contributed by atoms with van der Waals surface area (Å²) in [4.78, 5) is 7.44. The van der Waals surface area contributed by atoms with E-state index in [1.165, 1.54) is 43.6 Å². The summed E-state index contributed by atoms with van der Waals surface area (Å²) < 4.78 is 0. The van der Waals surface area contributed by atoms with Crippen molar-refractivity contribution in [2.75, 3.05) is 0 Å². The molecule has 0 amide bonds. The molecule has 0 aliphatic carbocycles. The van der Waals surface area contributed by atoms with Gasteiger partial charge < -0.3 is 0 Å². The number of hydrogen-bond donors (Lipinski definition) is 0. The number of fused-ring (bicyclic) bond motifs is 1. The Hall–Kier alpha value is -3.23. The van der Waals surface area contributed by atoms with Crippen molar-refractivity contribution in [3.63, 3.8) is 0 Å². The third-order valence-corrected chi connectivity index (χ3v) is 6.32. The molecule has 5 aromatic rings. The van der Waals surface area contributed by atoms with E-state index in [1.54, 1.807) is 11.3 Å². The van der Waals surface area contributed by atoms with Gasteiger partial charge in [0, 0.05) is 21.4 Å². The molecule has 0 spiro atoms. The highest BCUT2D eigenvalue weighted by Crippen LogP contribution is 2.44. The topological polar surface area (TPSA) is 12.9 Å². The van der Waals surface area contributed by atoms with Gasteiger partial charge in [-0.15, -0.1) is 11.3 Å². The molecule has 0 aliphatic rings. The SMILES string of the molecule is Cc1cc(C)cc(-c2ccc3c(-c4ccccc4)c(-c4ccccc4)sc3n2)c1. The van der Waals surface area contributed by atoms with E-state index < -0.39 is 0 Å². The minimum Gasteiger partial charge on any atom is -0.237 e. The van der Waals surface area contributed by atoms with E-state index in [0.29, 0.717) is 0 Å². The summed E-state index contributed by atoms with van der Waals surface area (Å²) in [7, 11) is 0. The quantitative estimate of drug-likeness (QED) is 0.304. The summed E-state index contributed by atoms with van der Waals surface area (Å²) in [5.74, 6) is 0. The second-order valence-corrected chi connectivity index (χ2v) is 8.46. The van der Waals surface area contributed by atoms with Crippen molar-refractivity contribution in [1.82, 2.24) is 4.98 Å². The largest absolute Gasteiger partial charge is 0.237 e. The molecule has 0 atom stereocenters. The lowest BCUT2D eigenvalue weighted by molar-refractivity contribution is 1.35. The van der Waals surface area contributed by atoms with Crippen LogP contribution in [-0.2, 0) is 0 Å². The number of aryl methyl sites for hydroxylation is 2. The Morgan fingerprint density at radius 2 is 1.24 bits per heavy atom. The van der Waals surface area contributed by atoms with E-state index in [1.807, 2.05) is 0 Å². The van der Waals surface area contributed by atoms with Crippen LogP contribution in [0, 0.1) is 13.8 Å². The molecule has 0 radical (unpaired) electrons. The third-order valence-electron chi connectivity index (χ3n) is 5.17. The second-order valence-electron chi connectivity index (χ2n) is 7.46. The minimum absolute atomic E-state index is 1.03. The van der Waals surface area contributed by atoms with E-state index in [9.17, 15) is 0 Å². The molecule has 0 unspecified atom stereocenters. The number of rotatable bonds is 3. The molecule has 0 N–H and O–H groups in total. The molecule has 0 aliphatic heterocycles. The van der Waals surface area contributed by atoms with Gasteiger partial charge in [0.1, 0.15) is 4.83 Å². The summed E-state index contributed by atoms with van der Waals surface area (Å²) >= 11 is 1.78. The molecule has 0 saturated carbocycles. The summed E-state index contributed by atoms with van der Waals surface area (Å²) in [6, 6.07) is 32.3. The van der Waals surface area contributed by atoms with Crippen LogP contribution in [0.3, 0.4) is 0 Å².